The number of nitrogens with one attached hydrogen (secondary N) is 1. The van der Waals surface area contributed by atoms with Gasteiger partial charge in [-0.1, -0.05) is 51.1 Å². The molecule has 0 aromatic heterocycles. The first-order valence-corrected chi connectivity index (χ1v) is 8.29. The van der Waals surface area contributed by atoms with Gasteiger partial charge in [0.2, 0.25) is 0 Å². The van der Waals surface area contributed by atoms with E-state index in [2.05, 4.69) is 63.3 Å². The summed E-state index contributed by atoms with van der Waals surface area (Å²) in [6.45, 7) is 9.47. The lowest BCUT2D eigenvalue weighted by atomic mass is 9.79. The van der Waals surface area contributed by atoms with Crippen LogP contribution < -0.4 is 5.32 Å². The summed E-state index contributed by atoms with van der Waals surface area (Å²) in [7, 11) is 0. The van der Waals surface area contributed by atoms with Crippen LogP contribution in [-0.2, 0) is 5.41 Å². The summed E-state index contributed by atoms with van der Waals surface area (Å²) < 4.78 is 0. The predicted molar refractivity (Wildman–Crippen MR) is 88.1 cm³/mol. The molecule has 1 aromatic rings. The molecule has 1 aromatic carbocycles. The van der Waals surface area contributed by atoms with E-state index in [0.29, 0.717) is 6.04 Å². The van der Waals surface area contributed by atoms with Crippen molar-refractivity contribution in [1.29, 1.82) is 0 Å². The maximum Gasteiger partial charge on any atom is 0.00697 e. The van der Waals surface area contributed by atoms with E-state index in [4.69, 9.17) is 0 Å². The summed E-state index contributed by atoms with van der Waals surface area (Å²) >= 11 is 0. The molecule has 20 heavy (non-hydrogen) atoms. The first kappa shape index (κ1) is 15.6. The van der Waals surface area contributed by atoms with Crippen LogP contribution in [-0.4, -0.2) is 12.1 Å². The average Bonchev–Trinajstić information content (AvgIpc) is 2.42. The van der Waals surface area contributed by atoms with Gasteiger partial charge in [-0.25, -0.2) is 0 Å². The van der Waals surface area contributed by atoms with E-state index in [-0.39, 0.29) is 5.41 Å². The van der Waals surface area contributed by atoms with E-state index < -0.39 is 0 Å². The fourth-order valence-electron chi connectivity index (χ4n) is 3.66. The van der Waals surface area contributed by atoms with Crippen molar-refractivity contribution in [3.8, 4) is 0 Å². The molecule has 0 saturated heterocycles. The van der Waals surface area contributed by atoms with Gasteiger partial charge in [-0.05, 0) is 55.9 Å². The molecule has 1 nitrogen and oxygen atoms in total. The highest BCUT2D eigenvalue weighted by atomic mass is 14.9. The van der Waals surface area contributed by atoms with Gasteiger partial charge in [0.25, 0.3) is 0 Å². The van der Waals surface area contributed by atoms with Gasteiger partial charge in [-0.15, -0.1) is 0 Å². The predicted octanol–water partition coefficient (Wildman–Crippen LogP) is 4.91. The Morgan fingerprint density at radius 3 is 2.30 bits per heavy atom. The van der Waals surface area contributed by atoms with Crippen molar-refractivity contribution in [2.45, 2.75) is 77.3 Å². The van der Waals surface area contributed by atoms with Gasteiger partial charge in [0.15, 0.2) is 0 Å². The van der Waals surface area contributed by atoms with Gasteiger partial charge in [-0.3, -0.25) is 0 Å². The Hall–Kier alpha value is -0.820. The second-order valence-corrected chi connectivity index (χ2v) is 7.48. The monoisotopic (exact) mass is 273 g/mol. The van der Waals surface area contributed by atoms with Crippen LogP contribution in [0.2, 0.25) is 0 Å². The number of hydrogen-bond donors (Lipinski definition) is 1. The molecule has 1 aliphatic rings. The molecule has 1 aliphatic carbocycles. The van der Waals surface area contributed by atoms with Crippen LogP contribution in [0.25, 0.3) is 0 Å². The number of benzene rings is 1. The summed E-state index contributed by atoms with van der Waals surface area (Å²) in [5.41, 5.74) is 1.70. The fourth-order valence-corrected chi connectivity index (χ4v) is 3.66. The molecule has 1 heteroatoms. The van der Waals surface area contributed by atoms with Crippen LogP contribution in [0.3, 0.4) is 0 Å². The minimum Gasteiger partial charge on any atom is -0.311 e. The smallest absolute Gasteiger partial charge is 0.00697 e. The van der Waals surface area contributed by atoms with Gasteiger partial charge in [0.1, 0.15) is 0 Å². The largest absolute Gasteiger partial charge is 0.311 e. The highest BCUT2D eigenvalue weighted by Crippen LogP contribution is 2.29. The van der Waals surface area contributed by atoms with Gasteiger partial charge in [-0.2, -0.15) is 0 Å². The zero-order chi connectivity index (χ0) is 14.6. The lowest BCUT2D eigenvalue weighted by Gasteiger charge is -2.34. The number of rotatable bonds is 5. The molecular formula is C19H31N. The Bertz CT molecular complexity index is 387. The SMILES string of the molecule is CC1CCC(NC(C)CC(C)(C)c2ccccc2)CC1. The van der Waals surface area contributed by atoms with Crippen LogP contribution in [0, 0.1) is 5.92 Å². The third-order valence-corrected chi connectivity index (χ3v) is 4.91. The summed E-state index contributed by atoms with van der Waals surface area (Å²) in [6, 6.07) is 12.3. The zero-order valence-electron chi connectivity index (χ0n) is 13.7. The van der Waals surface area contributed by atoms with Crippen molar-refractivity contribution in [2.75, 3.05) is 0 Å². The molecule has 2 rings (SSSR count). The van der Waals surface area contributed by atoms with Crippen LogP contribution in [0.4, 0.5) is 0 Å². The summed E-state index contributed by atoms with van der Waals surface area (Å²) in [5.74, 6) is 0.934. The molecule has 0 spiro atoms. The van der Waals surface area contributed by atoms with Gasteiger partial charge in [0, 0.05) is 12.1 Å². The molecule has 1 atom stereocenters. The topological polar surface area (TPSA) is 12.0 Å². The third kappa shape index (κ3) is 4.34. The summed E-state index contributed by atoms with van der Waals surface area (Å²) in [6.07, 6.45) is 6.70. The molecular weight excluding hydrogens is 242 g/mol. The van der Waals surface area contributed by atoms with E-state index >= 15 is 0 Å². The molecule has 1 saturated carbocycles. The minimum atomic E-state index is 0.246. The second kappa shape index (κ2) is 6.76. The molecule has 0 amide bonds. The molecule has 0 bridgehead atoms. The minimum absolute atomic E-state index is 0.246. The fraction of sp³-hybridized carbons (Fsp3) is 0.684. The van der Waals surface area contributed by atoms with Crippen LogP contribution in [0.15, 0.2) is 30.3 Å². The maximum atomic E-state index is 3.87. The second-order valence-electron chi connectivity index (χ2n) is 7.48. The van der Waals surface area contributed by atoms with E-state index in [1.165, 1.54) is 37.7 Å². The van der Waals surface area contributed by atoms with Crippen molar-refractivity contribution in [3.05, 3.63) is 35.9 Å². The quantitative estimate of drug-likeness (QED) is 0.803. The van der Waals surface area contributed by atoms with Crippen molar-refractivity contribution < 1.29 is 0 Å². The lowest BCUT2D eigenvalue weighted by molar-refractivity contribution is 0.271. The van der Waals surface area contributed by atoms with E-state index in [1.54, 1.807) is 0 Å². The van der Waals surface area contributed by atoms with Crippen LogP contribution in [0.5, 0.6) is 0 Å². The first-order chi connectivity index (χ1) is 9.47. The first-order valence-electron chi connectivity index (χ1n) is 8.29. The van der Waals surface area contributed by atoms with Gasteiger partial charge >= 0.3 is 0 Å². The highest BCUT2D eigenvalue weighted by Gasteiger charge is 2.25. The highest BCUT2D eigenvalue weighted by molar-refractivity contribution is 5.23. The molecule has 0 aliphatic heterocycles. The lowest BCUT2D eigenvalue weighted by Crippen LogP contribution is -2.41. The third-order valence-electron chi connectivity index (χ3n) is 4.91. The van der Waals surface area contributed by atoms with Crippen molar-refractivity contribution >= 4 is 0 Å². The van der Waals surface area contributed by atoms with Crippen LogP contribution >= 0.6 is 0 Å². The van der Waals surface area contributed by atoms with E-state index in [1.807, 2.05) is 0 Å². The molecule has 1 unspecified atom stereocenters. The average molecular weight is 273 g/mol. The van der Waals surface area contributed by atoms with Gasteiger partial charge < -0.3 is 5.32 Å². The van der Waals surface area contributed by atoms with Crippen molar-refractivity contribution in [3.63, 3.8) is 0 Å². The summed E-state index contributed by atoms with van der Waals surface area (Å²) in [5, 5.41) is 3.87. The van der Waals surface area contributed by atoms with Gasteiger partial charge in [0.05, 0.1) is 0 Å². The Balaban J connectivity index is 1.86. The Kier molecular flexibility index (Phi) is 5.26. The molecule has 1 N–H and O–H groups in total. The standard InChI is InChI=1S/C19H31N/c1-15-10-12-18(13-11-15)20-16(2)14-19(3,4)17-8-6-5-7-9-17/h5-9,15-16,18,20H,10-14H2,1-4H3. The Morgan fingerprint density at radius 1 is 1.10 bits per heavy atom. The summed E-state index contributed by atoms with van der Waals surface area (Å²) in [4.78, 5) is 0. The molecule has 0 radical (unpaired) electrons. The Labute approximate surface area is 125 Å². The van der Waals surface area contributed by atoms with E-state index in [9.17, 15) is 0 Å². The zero-order valence-corrected chi connectivity index (χ0v) is 13.7. The molecule has 1 fully saturated rings. The number of hydrogen-bond acceptors (Lipinski definition) is 1. The van der Waals surface area contributed by atoms with E-state index in [0.717, 1.165) is 12.0 Å². The van der Waals surface area contributed by atoms with Crippen molar-refractivity contribution in [1.82, 2.24) is 5.32 Å². The Morgan fingerprint density at radius 2 is 1.70 bits per heavy atom. The van der Waals surface area contributed by atoms with Crippen LogP contribution in [0.1, 0.15) is 65.4 Å². The maximum absolute atomic E-state index is 3.87. The normalized spacial score (nSPS) is 25.4. The molecule has 0 heterocycles. The molecule has 112 valence electrons. The van der Waals surface area contributed by atoms with Crippen molar-refractivity contribution in [2.24, 2.45) is 5.92 Å².